The van der Waals surface area contributed by atoms with Crippen LogP contribution in [0.15, 0.2) is 0 Å². The second kappa shape index (κ2) is 3.76. The summed E-state index contributed by atoms with van der Waals surface area (Å²) in [5.74, 6) is 0. The van der Waals surface area contributed by atoms with Crippen molar-refractivity contribution in [3.8, 4) is 0 Å². The first-order valence-corrected chi connectivity index (χ1v) is 4.74. The highest BCUT2D eigenvalue weighted by molar-refractivity contribution is 6.40. The van der Waals surface area contributed by atoms with Crippen molar-refractivity contribution in [2.24, 2.45) is 0 Å². The number of anilines is 1. The Hall–Kier alpha value is -0.610. The van der Waals surface area contributed by atoms with Gasteiger partial charge in [-0.2, -0.15) is 13.2 Å². The Labute approximate surface area is 95.0 Å². The first-order valence-electron chi connectivity index (χ1n) is 3.98. The van der Waals surface area contributed by atoms with E-state index in [9.17, 15) is 13.2 Å². The number of halogens is 5. The van der Waals surface area contributed by atoms with Crippen molar-refractivity contribution in [2.45, 2.75) is 20.0 Å². The highest BCUT2D eigenvalue weighted by Crippen LogP contribution is 2.43. The third-order valence-electron chi connectivity index (χ3n) is 2.16. The molecule has 1 rings (SSSR count). The quantitative estimate of drug-likeness (QED) is 0.693. The van der Waals surface area contributed by atoms with Gasteiger partial charge < -0.3 is 5.73 Å². The zero-order valence-electron chi connectivity index (χ0n) is 7.97. The van der Waals surface area contributed by atoms with Crippen molar-refractivity contribution in [3.05, 3.63) is 26.7 Å². The molecule has 0 aromatic heterocycles. The molecule has 0 heterocycles. The summed E-state index contributed by atoms with van der Waals surface area (Å²) in [4.78, 5) is 0. The van der Waals surface area contributed by atoms with Crippen LogP contribution in [-0.4, -0.2) is 0 Å². The zero-order valence-corrected chi connectivity index (χ0v) is 9.48. The Morgan fingerprint density at radius 3 is 1.60 bits per heavy atom. The van der Waals surface area contributed by atoms with E-state index in [0.717, 1.165) is 0 Å². The van der Waals surface area contributed by atoms with E-state index in [1.807, 2.05) is 0 Å². The number of benzene rings is 1. The lowest BCUT2D eigenvalue weighted by molar-refractivity contribution is -0.138. The van der Waals surface area contributed by atoms with E-state index in [4.69, 9.17) is 28.9 Å². The Morgan fingerprint density at radius 2 is 1.33 bits per heavy atom. The van der Waals surface area contributed by atoms with Gasteiger partial charge in [-0.05, 0) is 25.0 Å². The highest BCUT2D eigenvalue weighted by atomic mass is 35.5. The van der Waals surface area contributed by atoms with Gasteiger partial charge in [0.25, 0.3) is 0 Å². The molecule has 1 aromatic carbocycles. The third-order valence-corrected chi connectivity index (χ3v) is 3.14. The van der Waals surface area contributed by atoms with Gasteiger partial charge in [-0.15, -0.1) is 0 Å². The molecular weight excluding hydrogens is 250 g/mol. The van der Waals surface area contributed by atoms with Gasteiger partial charge in [0.15, 0.2) is 0 Å². The van der Waals surface area contributed by atoms with E-state index < -0.39 is 11.7 Å². The molecule has 84 valence electrons. The van der Waals surface area contributed by atoms with Gasteiger partial charge in [-0.25, -0.2) is 0 Å². The Morgan fingerprint density at radius 1 is 1.00 bits per heavy atom. The molecule has 0 unspecified atom stereocenters. The fourth-order valence-corrected chi connectivity index (χ4v) is 1.85. The van der Waals surface area contributed by atoms with Gasteiger partial charge in [0.1, 0.15) is 0 Å². The molecule has 0 aliphatic heterocycles. The summed E-state index contributed by atoms with van der Waals surface area (Å²) in [6.45, 7) is 2.54. The molecule has 0 aliphatic carbocycles. The monoisotopic (exact) mass is 257 g/mol. The number of nitrogens with two attached hydrogens (primary N) is 1. The standard InChI is InChI=1S/C9H8Cl2F3N/c1-3-5(9(12,13)14)4(2)7(11)8(15)6(3)10/h15H2,1-2H3. The minimum atomic E-state index is -4.48. The van der Waals surface area contributed by atoms with E-state index in [1.165, 1.54) is 13.8 Å². The Balaban J connectivity index is 3.68. The molecule has 0 spiro atoms. The summed E-state index contributed by atoms with van der Waals surface area (Å²) in [7, 11) is 0. The zero-order chi connectivity index (χ0) is 12.0. The maximum atomic E-state index is 12.6. The van der Waals surface area contributed by atoms with E-state index >= 15 is 0 Å². The third kappa shape index (κ3) is 2.01. The van der Waals surface area contributed by atoms with Crippen LogP contribution in [0.5, 0.6) is 0 Å². The molecule has 6 heteroatoms. The largest absolute Gasteiger partial charge is 0.417 e. The average molecular weight is 258 g/mol. The lowest BCUT2D eigenvalue weighted by atomic mass is 10.0. The van der Waals surface area contributed by atoms with Crippen molar-refractivity contribution >= 4 is 28.9 Å². The Bertz CT molecular complexity index is 384. The van der Waals surface area contributed by atoms with Gasteiger partial charge >= 0.3 is 6.18 Å². The summed E-state index contributed by atoms with van der Waals surface area (Å²) in [5, 5.41) is -0.282. The summed E-state index contributed by atoms with van der Waals surface area (Å²) in [6.07, 6.45) is -4.48. The molecule has 0 saturated heterocycles. The molecule has 0 saturated carbocycles. The highest BCUT2D eigenvalue weighted by Gasteiger charge is 2.36. The average Bonchev–Trinajstić information content (AvgIpc) is 2.09. The molecule has 15 heavy (non-hydrogen) atoms. The van der Waals surface area contributed by atoms with E-state index in [2.05, 4.69) is 0 Å². The van der Waals surface area contributed by atoms with Crippen LogP contribution in [0.3, 0.4) is 0 Å². The van der Waals surface area contributed by atoms with Crippen LogP contribution in [0.1, 0.15) is 16.7 Å². The van der Waals surface area contributed by atoms with Crippen molar-refractivity contribution in [1.82, 2.24) is 0 Å². The number of nitrogen functional groups attached to an aromatic ring is 1. The topological polar surface area (TPSA) is 26.0 Å². The summed E-state index contributed by atoms with van der Waals surface area (Å²) in [6, 6.07) is 0. The lowest BCUT2D eigenvalue weighted by Gasteiger charge is -2.17. The minimum Gasteiger partial charge on any atom is -0.396 e. The van der Waals surface area contributed by atoms with Crippen LogP contribution in [0.25, 0.3) is 0 Å². The van der Waals surface area contributed by atoms with Crippen LogP contribution in [-0.2, 0) is 6.18 Å². The maximum absolute atomic E-state index is 12.6. The molecule has 0 bridgehead atoms. The lowest BCUT2D eigenvalue weighted by Crippen LogP contribution is -2.12. The fourth-order valence-electron chi connectivity index (χ4n) is 1.43. The maximum Gasteiger partial charge on any atom is 0.417 e. The van der Waals surface area contributed by atoms with Crippen molar-refractivity contribution in [3.63, 3.8) is 0 Å². The summed E-state index contributed by atoms with van der Waals surface area (Å²) >= 11 is 11.3. The molecule has 0 atom stereocenters. The number of alkyl halides is 3. The van der Waals surface area contributed by atoms with Crippen molar-refractivity contribution in [1.29, 1.82) is 0 Å². The fraction of sp³-hybridized carbons (Fsp3) is 0.333. The van der Waals surface area contributed by atoms with Crippen molar-refractivity contribution in [2.75, 3.05) is 5.73 Å². The van der Waals surface area contributed by atoms with Crippen molar-refractivity contribution < 1.29 is 13.2 Å². The summed E-state index contributed by atoms with van der Waals surface area (Å²) < 4.78 is 37.9. The molecular formula is C9H8Cl2F3N. The number of rotatable bonds is 0. The molecule has 0 aliphatic rings. The Kier molecular flexibility index (Phi) is 3.12. The molecule has 0 fully saturated rings. The predicted molar refractivity (Wildman–Crippen MR) is 55.4 cm³/mol. The molecule has 1 nitrogen and oxygen atoms in total. The van der Waals surface area contributed by atoms with Crippen LogP contribution in [0.2, 0.25) is 10.0 Å². The molecule has 0 radical (unpaired) electrons. The summed E-state index contributed by atoms with van der Waals surface area (Å²) in [5.41, 5.74) is 4.45. The molecule has 2 N–H and O–H groups in total. The van der Waals surface area contributed by atoms with E-state index in [-0.39, 0.29) is 26.9 Å². The van der Waals surface area contributed by atoms with Crippen LogP contribution < -0.4 is 5.73 Å². The van der Waals surface area contributed by atoms with E-state index in [0.29, 0.717) is 0 Å². The van der Waals surface area contributed by atoms with Gasteiger partial charge in [0, 0.05) is 0 Å². The SMILES string of the molecule is Cc1c(Cl)c(N)c(Cl)c(C)c1C(F)(F)F. The molecule has 1 aromatic rings. The van der Waals surface area contributed by atoms with Gasteiger partial charge in [-0.1, -0.05) is 23.2 Å². The van der Waals surface area contributed by atoms with Crippen LogP contribution >= 0.6 is 23.2 Å². The van der Waals surface area contributed by atoms with Crippen LogP contribution in [0.4, 0.5) is 18.9 Å². The first kappa shape index (κ1) is 12.5. The smallest absolute Gasteiger partial charge is 0.396 e. The number of hydrogen-bond donors (Lipinski definition) is 1. The normalized spacial score (nSPS) is 11.9. The first-order chi connectivity index (χ1) is 6.68. The number of hydrogen-bond acceptors (Lipinski definition) is 1. The van der Waals surface area contributed by atoms with E-state index in [1.54, 1.807) is 0 Å². The predicted octanol–water partition coefficient (Wildman–Crippen LogP) is 4.21. The van der Waals surface area contributed by atoms with Crippen LogP contribution in [0, 0.1) is 13.8 Å². The molecule has 0 amide bonds. The van der Waals surface area contributed by atoms with Gasteiger partial charge in [0.05, 0.1) is 21.3 Å². The minimum absolute atomic E-state index is 0.0127. The van der Waals surface area contributed by atoms with Gasteiger partial charge in [-0.3, -0.25) is 0 Å². The van der Waals surface area contributed by atoms with Gasteiger partial charge in [0.2, 0.25) is 0 Å². The second-order valence-corrected chi connectivity index (χ2v) is 3.92. The second-order valence-electron chi connectivity index (χ2n) is 3.16.